The summed E-state index contributed by atoms with van der Waals surface area (Å²) >= 11 is 1.63. The number of anilines is 1. The fourth-order valence-corrected chi connectivity index (χ4v) is 8.19. The first kappa shape index (κ1) is 26.5. The van der Waals surface area contributed by atoms with Crippen LogP contribution in [0.4, 0.5) is 5.69 Å². The predicted octanol–water partition coefficient (Wildman–Crippen LogP) is 7.18. The molecule has 1 amide bonds. The zero-order valence-electron chi connectivity index (χ0n) is 22.8. The minimum atomic E-state index is -3.98. The second-order valence-electron chi connectivity index (χ2n) is 10.6. The summed E-state index contributed by atoms with van der Waals surface area (Å²) in [6, 6.07) is 33.3. The van der Waals surface area contributed by atoms with E-state index in [9.17, 15) is 13.2 Å². The Labute approximate surface area is 248 Å². The summed E-state index contributed by atoms with van der Waals surface area (Å²) < 4.78 is 30.6. The Bertz CT molecular complexity index is 2090. The molecule has 0 aliphatic carbocycles. The van der Waals surface area contributed by atoms with E-state index < -0.39 is 16.1 Å². The number of thiazole rings is 1. The van der Waals surface area contributed by atoms with Crippen LogP contribution in [0.1, 0.15) is 16.7 Å². The number of nitrogens with zero attached hydrogens (tertiary/aromatic N) is 2. The van der Waals surface area contributed by atoms with Gasteiger partial charge in [0.15, 0.2) is 0 Å². The molecule has 1 unspecified atom stereocenters. The Hall–Kier alpha value is -4.37. The van der Waals surface area contributed by atoms with Gasteiger partial charge in [0.25, 0.3) is 0 Å². The van der Waals surface area contributed by atoms with E-state index in [4.69, 9.17) is 4.98 Å². The molecule has 0 radical (unpaired) electrons. The minimum absolute atomic E-state index is 0.124. The number of hydrogen-bond acceptors (Lipinski definition) is 5. The molecule has 6 aromatic rings. The normalized spacial score (nSPS) is 15.5. The van der Waals surface area contributed by atoms with Crippen molar-refractivity contribution in [2.75, 3.05) is 5.32 Å². The number of carbonyl (C=O) groups excluding carboxylic acids is 1. The monoisotopic (exact) mass is 589 g/mol. The van der Waals surface area contributed by atoms with Gasteiger partial charge in [0.05, 0.1) is 15.1 Å². The van der Waals surface area contributed by atoms with E-state index in [0.29, 0.717) is 5.69 Å². The molecular weight excluding hydrogens is 563 g/mol. The average molecular weight is 590 g/mol. The van der Waals surface area contributed by atoms with E-state index in [1.165, 1.54) is 9.87 Å². The molecule has 7 rings (SSSR count). The third-order valence-electron chi connectivity index (χ3n) is 7.78. The van der Waals surface area contributed by atoms with Crippen LogP contribution in [0, 0.1) is 6.92 Å². The van der Waals surface area contributed by atoms with Gasteiger partial charge < -0.3 is 5.32 Å². The maximum atomic E-state index is 14.0. The highest BCUT2D eigenvalue weighted by molar-refractivity contribution is 7.89. The van der Waals surface area contributed by atoms with E-state index in [-0.39, 0.29) is 23.8 Å². The summed E-state index contributed by atoms with van der Waals surface area (Å²) in [4.78, 5) is 18.7. The second-order valence-corrected chi connectivity index (χ2v) is 13.5. The molecule has 0 saturated carbocycles. The van der Waals surface area contributed by atoms with Crippen LogP contribution in [0.25, 0.3) is 31.6 Å². The van der Waals surface area contributed by atoms with Crippen LogP contribution in [-0.4, -0.2) is 29.7 Å². The molecule has 6 nitrogen and oxygen atoms in total. The summed E-state index contributed by atoms with van der Waals surface area (Å²) in [6.07, 6.45) is 0.290. The lowest BCUT2D eigenvalue weighted by atomic mass is 9.95. The van der Waals surface area contributed by atoms with Crippen molar-refractivity contribution in [1.82, 2.24) is 9.29 Å². The number of sulfonamides is 1. The fraction of sp³-hybridized carbons (Fsp3) is 0.118. The number of hydrogen-bond donors (Lipinski definition) is 1. The van der Waals surface area contributed by atoms with Crippen molar-refractivity contribution in [3.8, 4) is 10.6 Å². The van der Waals surface area contributed by atoms with Gasteiger partial charge in [-0.25, -0.2) is 13.4 Å². The molecule has 1 aliphatic rings. The maximum Gasteiger partial charge on any atom is 0.244 e. The summed E-state index contributed by atoms with van der Waals surface area (Å²) in [7, 11) is -3.98. The molecule has 0 saturated heterocycles. The molecule has 2 heterocycles. The van der Waals surface area contributed by atoms with E-state index >= 15 is 0 Å². The summed E-state index contributed by atoms with van der Waals surface area (Å²) in [5.41, 5.74) is 5.59. The van der Waals surface area contributed by atoms with Gasteiger partial charge in [-0.2, -0.15) is 4.31 Å². The largest absolute Gasteiger partial charge is 0.325 e. The molecule has 1 N–H and O–H groups in total. The van der Waals surface area contributed by atoms with Crippen LogP contribution in [0.3, 0.4) is 0 Å². The molecule has 0 fully saturated rings. The van der Waals surface area contributed by atoms with Gasteiger partial charge in [-0.3, -0.25) is 4.79 Å². The predicted molar refractivity (Wildman–Crippen MR) is 169 cm³/mol. The van der Waals surface area contributed by atoms with Crippen molar-refractivity contribution in [2.45, 2.75) is 30.8 Å². The SMILES string of the molecule is Cc1ccc2nc(-c3ccc(NC(=O)C4Cc5ccccc5CN4S(=O)(=O)c4ccc5ccccc5c4)cc3)sc2c1. The summed E-state index contributed by atoms with van der Waals surface area (Å²) in [5, 5.41) is 5.67. The zero-order valence-corrected chi connectivity index (χ0v) is 24.5. The second kappa shape index (κ2) is 10.5. The van der Waals surface area contributed by atoms with Crippen LogP contribution in [0.15, 0.2) is 114 Å². The van der Waals surface area contributed by atoms with Gasteiger partial charge >= 0.3 is 0 Å². The number of nitrogens with one attached hydrogen (secondary N) is 1. The summed E-state index contributed by atoms with van der Waals surface area (Å²) in [6.45, 7) is 2.19. The Morgan fingerprint density at radius 3 is 2.40 bits per heavy atom. The molecule has 8 heteroatoms. The lowest BCUT2D eigenvalue weighted by molar-refractivity contribution is -0.120. The minimum Gasteiger partial charge on any atom is -0.325 e. The van der Waals surface area contributed by atoms with Crippen LogP contribution in [0.2, 0.25) is 0 Å². The van der Waals surface area contributed by atoms with E-state index in [1.807, 2.05) is 84.9 Å². The van der Waals surface area contributed by atoms with E-state index in [1.54, 1.807) is 23.5 Å². The summed E-state index contributed by atoms with van der Waals surface area (Å²) in [5.74, 6) is -0.364. The van der Waals surface area contributed by atoms with Gasteiger partial charge in [0, 0.05) is 17.8 Å². The number of rotatable bonds is 5. The maximum absolute atomic E-state index is 14.0. The molecule has 42 heavy (non-hydrogen) atoms. The first-order chi connectivity index (χ1) is 20.3. The zero-order chi connectivity index (χ0) is 28.8. The Balaban J connectivity index is 1.18. The van der Waals surface area contributed by atoms with Crippen LogP contribution in [-0.2, 0) is 27.8 Å². The number of aromatic nitrogens is 1. The highest BCUT2D eigenvalue weighted by Crippen LogP contribution is 2.33. The fourth-order valence-electron chi connectivity index (χ4n) is 5.52. The molecule has 0 bridgehead atoms. The lowest BCUT2D eigenvalue weighted by Crippen LogP contribution is -2.50. The third-order valence-corrected chi connectivity index (χ3v) is 10.7. The standard InChI is InChI=1S/C34H27N3O3S2/c1-22-10-17-30-32(18-22)41-34(36-30)24-11-14-28(15-12-24)35-33(38)31-20-26-8-4-5-9-27(26)21-37(31)42(39,40)29-16-13-23-6-2-3-7-25(23)19-29/h2-19,31H,20-21H2,1H3,(H,35,38). The number of amides is 1. The molecule has 1 atom stereocenters. The van der Waals surface area contributed by atoms with Gasteiger partial charge in [0.1, 0.15) is 11.0 Å². The average Bonchev–Trinajstić information content (AvgIpc) is 3.43. The number of fused-ring (bicyclic) bond motifs is 3. The first-order valence-electron chi connectivity index (χ1n) is 13.7. The van der Waals surface area contributed by atoms with Crippen LogP contribution >= 0.6 is 11.3 Å². The molecular formula is C34H27N3O3S2. The van der Waals surface area contributed by atoms with Crippen LogP contribution in [0.5, 0.6) is 0 Å². The Morgan fingerprint density at radius 2 is 1.60 bits per heavy atom. The van der Waals surface area contributed by atoms with Crippen molar-refractivity contribution in [2.24, 2.45) is 0 Å². The Kier molecular flexibility index (Phi) is 6.61. The van der Waals surface area contributed by atoms with Gasteiger partial charge in [-0.05, 0) is 89.3 Å². The van der Waals surface area contributed by atoms with E-state index in [2.05, 4.69) is 24.4 Å². The molecule has 1 aliphatic heterocycles. The van der Waals surface area contributed by atoms with Crippen LogP contribution < -0.4 is 5.32 Å². The quantitative estimate of drug-likeness (QED) is 0.231. The molecule has 5 aromatic carbocycles. The third kappa shape index (κ3) is 4.87. The van der Waals surface area contributed by atoms with Gasteiger partial charge in [-0.15, -0.1) is 11.3 Å². The van der Waals surface area contributed by atoms with Gasteiger partial charge in [-0.1, -0.05) is 60.7 Å². The lowest BCUT2D eigenvalue weighted by Gasteiger charge is -2.35. The number of aryl methyl sites for hydroxylation is 1. The Morgan fingerprint density at radius 1 is 0.857 bits per heavy atom. The molecule has 208 valence electrons. The molecule has 1 aromatic heterocycles. The van der Waals surface area contributed by atoms with Crippen molar-refractivity contribution in [3.63, 3.8) is 0 Å². The first-order valence-corrected chi connectivity index (χ1v) is 16.0. The highest BCUT2D eigenvalue weighted by atomic mass is 32.2. The topological polar surface area (TPSA) is 79.4 Å². The van der Waals surface area contributed by atoms with E-state index in [0.717, 1.165) is 42.7 Å². The molecule has 0 spiro atoms. The highest BCUT2D eigenvalue weighted by Gasteiger charge is 2.39. The smallest absolute Gasteiger partial charge is 0.244 e. The van der Waals surface area contributed by atoms with Crippen molar-refractivity contribution in [3.05, 3.63) is 126 Å². The number of carbonyl (C=O) groups is 1. The van der Waals surface area contributed by atoms with Crippen molar-refractivity contribution in [1.29, 1.82) is 0 Å². The number of benzene rings is 5. The van der Waals surface area contributed by atoms with Crippen molar-refractivity contribution < 1.29 is 13.2 Å². The van der Waals surface area contributed by atoms with Crippen molar-refractivity contribution >= 4 is 53.9 Å². The van der Waals surface area contributed by atoms with Gasteiger partial charge in [0.2, 0.25) is 15.9 Å².